The molecule has 0 atom stereocenters. The van der Waals surface area contributed by atoms with Crippen molar-refractivity contribution in [2.75, 3.05) is 5.32 Å². The van der Waals surface area contributed by atoms with Crippen molar-refractivity contribution in [2.24, 2.45) is 5.92 Å². The van der Waals surface area contributed by atoms with Crippen molar-refractivity contribution in [3.8, 4) is 16.8 Å². The van der Waals surface area contributed by atoms with Crippen LogP contribution in [0.15, 0.2) is 47.7 Å². The molecule has 6 heteroatoms. The van der Waals surface area contributed by atoms with Crippen LogP contribution in [0.2, 0.25) is 0 Å². The number of pyridine rings is 2. The second-order valence-corrected chi connectivity index (χ2v) is 8.40. The molecule has 0 aromatic carbocycles. The maximum Gasteiger partial charge on any atom is 0.250 e. The van der Waals surface area contributed by atoms with E-state index >= 15 is 0 Å². The third-order valence-corrected chi connectivity index (χ3v) is 5.48. The summed E-state index contributed by atoms with van der Waals surface area (Å²) >= 11 is 0. The van der Waals surface area contributed by atoms with E-state index in [1.807, 2.05) is 36.3 Å². The molecule has 1 aliphatic carbocycles. The lowest BCUT2D eigenvalue weighted by molar-refractivity contribution is 0.509. The molecule has 152 valence electrons. The minimum absolute atomic E-state index is 0.0141. The fraction of sp³-hybridized carbons (Fsp3) is 0.435. The van der Waals surface area contributed by atoms with E-state index in [0.717, 1.165) is 28.3 Å². The first kappa shape index (κ1) is 19.4. The molecule has 6 nitrogen and oxygen atoms in total. The number of anilines is 1. The molecule has 0 aliphatic heterocycles. The van der Waals surface area contributed by atoms with Crippen LogP contribution in [0.5, 0.6) is 0 Å². The van der Waals surface area contributed by atoms with Crippen LogP contribution in [0.1, 0.15) is 45.2 Å². The fourth-order valence-corrected chi connectivity index (χ4v) is 4.02. The predicted molar refractivity (Wildman–Crippen MR) is 117 cm³/mol. The van der Waals surface area contributed by atoms with Crippen molar-refractivity contribution >= 4 is 5.82 Å². The monoisotopic (exact) mass is 391 g/mol. The Balaban J connectivity index is 1.57. The predicted octanol–water partition coefficient (Wildman–Crippen LogP) is 4.41. The highest BCUT2D eigenvalue weighted by Crippen LogP contribution is 2.26. The highest BCUT2D eigenvalue weighted by atomic mass is 16.1. The maximum absolute atomic E-state index is 12.1. The largest absolute Gasteiger partial charge is 0.367 e. The Kier molecular flexibility index (Phi) is 5.51. The Morgan fingerprint density at radius 3 is 2.66 bits per heavy atom. The molecule has 3 heterocycles. The van der Waals surface area contributed by atoms with Crippen molar-refractivity contribution in [3.63, 3.8) is 0 Å². The lowest BCUT2D eigenvalue weighted by atomic mass is 10.1. The van der Waals surface area contributed by atoms with Gasteiger partial charge in [-0.05, 0) is 43.9 Å². The molecule has 0 radical (unpaired) electrons. The van der Waals surface area contributed by atoms with Gasteiger partial charge in [0.15, 0.2) is 0 Å². The van der Waals surface area contributed by atoms with Gasteiger partial charge in [0, 0.05) is 47.9 Å². The van der Waals surface area contributed by atoms with E-state index in [9.17, 15) is 4.79 Å². The van der Waals surface area contributed by atoms with Crippen molar-refractivity contribution in [3.05, 3.63) is 58.9 Å². The zero-order valence-corrected chi connectivity index (χ0v) is 17.4. The third kappa shape index (κ3) is 4.42. The smallest absolute Gasteiger partial charge is 0.250 e. The zero-order valence-electron chi connectivity index (χ0n) is 17.4. The molecule has 0 bridgehead atoms. The van der Waals surface area contributed by atoms with Crippen LogP contribution in [-0.2, 0) is 6.54 Å². The number of aromatic nitrogens is 4. The summed E-state index contributed by atoms with van der Waals surface area (Å²) in [5.41, 5.74) is 3.96. The molecule has 1 aliphatic rings. The van der Waals surface area contributed by atoms with Gasteiger partial charge in [-0.15, -0.1) is 0 Å². The minimum atomic E-state index is 0.0141. The van der Waals surface area contributed by atoms with Gasteiger partial charge in [-0.1, -0.05) is 26.7 Å². The molecule has 29 heavy (non-hydrogen) atoms. The van der Waals surface area contributed by atoms with Crippen molar-refractivity contribution in [2.45, 2.75) is 59.0 Å². The SMILES string of the molecule is Cc1nc(NC2CCCC2)ccc1-c1cnn(-c2ccc(=O)n(CC(C)C)c2)c1. The van der Waals surface area contributed by atoms with E-state index < -0.39 is 0 Å². The highest BCUT2D eigenvalue weighted by molar-refractivity contribution is 5.66. The van der Waals surface area contributed by atoms with Gasteiger partial charge in [-0.2, -0.15) is 5.10 Å². The molecular weight excluding hydrogens is 362 g/mol. The van der Waals surface area contributed by atoms with E-state index in [4.69, 9.17) is 4.98 Å². The van der Waals surface area contributed by atoms with E-state index in [0.29, 0.717) is 18.5 Å². The van der Waals surface area contributed by atoms with Crippen LogP contribution in [0, 0.1) is 12.8 Å². The topological polar surface area (TPSA) is 64.7 Å². The molecule has 0 unspecified atom stereocenters. The van der Waals surface area contributed by atoms with Gasteiger partial charge >= 0.3 is 0 Å². The summed E-state index contributed by atoms with van der Waals surface area (Å²) in [7, 11) is 0. The van der Waals surface area contributed by atoms with E-state index in [2.05, 4.69) is 36.4 Å². The standard InChI is InChI=1S/C23H29N5O/c1-16(2)13-27-15-20(8-11-23(27)29)28-14-18(12-24-28)21-9-10-22(25-17(21)3)26-19-6-4-5-7-19/h8-12,14-16,19H,4-7,13H2,1-3H3,(H,25,26). The first-order valence-corrected chi connectivity index (χ1v) is 10.5. The van der Waals surface area contributed by atoms with Gasteiger partial charge in [0.25, 0.3) is 5.56 Å². The lowest BCUT2D eigenvalue weighted by Gasteiger charge is -2.14. The van der Waals surface area contributed by atoms with Gasteiger partial charge < -0.3 is 9.88 Å². The Morgan fingerprint density at radius 2 is 1.93 bits per heavy atom. The molecule has 3 aromatic rings. The molecule has 4 rings (SSSR count). The van der Waals surface area contributed by atoms with Gasteiger partial charge in [0.2, 0.25) is 0 Å². The molecule has 0 saturated heterocycles. The number of nitrogens with zero attached hydrogens (tertiary/aromatic N) is 4. The van der Waals surface area contributed by atoms with E-state index in [1.165, 1.54) is 25.7 Å². The first-order chi connectivity index (χ1) is 14.0. The van der Waals surface area contributed by atoms with Crippen LogP contribution < -0.4 is 10.9 Å². The van der Waals surface area contributed by atoms with Gasteiger partial charge in [0.1, 0.15) is 5.82 Å². The second kappa shape index (κ2) is 8.23. The Hall–Kier alpha value is -2.89. The normalized spacial score (nSPS) is 14.6. The average Bonchev–Trinajstić information content (AvgIpc) is 3.35. The van der Waals surface area contributed by atoms with E-state index in [1.54, 1.807) is 10.6 Å². The molecule has 0 spiro atoms. The van der Waals surface area contributed by atoms with Gasteiger partial charge in [-0.3, -0.25) is 4.79 Å². The second-order valence-electron chi connectivity index (χ2n) is 8.40. The van der Waals surface area contributed by atoms with Crippen LogP contribution in [0.4, 0.5) is 5.82 Å². The Labute approximate surface area is 171 Å². The Bertz CT molecular complexity index is 1040. The van der Waals surface area contributed by atoms with Crippen LogP contribution >= 0.6 is 0 Å². The quantitative estimate of drug-likeness (QED) is 0.676. The first-order valence-electron chi connectivity index (χ1n) is 10.5. The third-order valence-electron chi connectivity index (χ3n) is 5.48. The number of rotatable bonds is 6. The maximum atomic E-state index is 12.1. The molecule has 1 saturated carbocycles. The highest BCUT2D eigenvalue weighted by Gasteiger charge is 2.16. The summed E-state index contributed by atoms with van der Waals surface area (Å²) in [6, 6.07) is 8.14. The van der Waals surface area contributed by atoms with Crippen LogP contribution in [0.3, 0.4) is 0 Å². The number of nitrogens with one attached hydrogen (secondary N) is 1. The molecule has 0 amide bonds. The van der Waals surface area contributed by atoms with Gasteiger partial charge in [-0.25, -0.2) is 9.67 Å². The summed E-state index contributed by atoms with van der Waals surface area (Å²) in [5, 5.41) is 8.07. The summed E-state index contributed by atoms with van der Waals surface area (Å²) in [4.78, 5) is 16.8. The van der Waals surface area contributed by atoms with Crippen LogP contribution in [-0.4, -0.2) is 25.4 Å². The summed E-state index contributed by atoms with van der Waals surface area (Å²) in [6.45, 7) is 6.94. The molecular formula is C23H29N5O. The minimum Gasteiger partial charge on any atom is -0.367 e. The van der Waals surface area contributed by atoms with Gasteiger partial charge in [0.05, 0.1) is 11.9 Å². The fourth-order valence-electron chi connectivity index (χ4n) is 4.02. The molecule has 1 fully saturated rings. The number of hydrogen-bond acceptors (Lipinski definition) is 4. The number of hydrogen-bond donors (Lipinski definition) is 1. The molecule has 3 aromatic heterocycles. The van der Waals surface area contributed by atoms with Crippen molar-refractivity contribution in [1.29, 1.82) is 0 Å². The van der Waals surface area contributed by atoms with E-state index in [-0.39, 0.29) is 5.56 Å². The van der Waals surface area contributed by atoms with Crippen molar-refractivity contribution in [1.82, 2.24) is 19.3 Å². The number of aryl methyl sites for hydroxylation is 1. The van der Waals surface area contributed by atoms with Crippen LogP contribution in [0.25, 0.3) is 16.8 Å². The Morgan fingerprint density at radius 1 is 1.14 bits per heavy atom. The summed E-state index contributed by atoms with van der Waals surface area (Å²) in [5.74, 6) is 1.35. The molecule has 1 N–H and O–H groups in total. The average molecular weight is 392 g/mol. The van der Waals surface area contributed by atoms with Crippen molar-refractivity contribution < 1.29 is 0 Å². The zero-order chi connectivity index (χ0) is 20.4. The summed E-state index contributed by atoms with van der Waals surface area (Å²) < 4.78 is 3.56. The summed E-state index contributed by atoms with van der Waals surface area (Å²) in [6.07, 6.45) is 10.8. The lowest BCUT2D eigenvalue weighted by Crippen LogP contribution is -2.21.